The van der Waals surface area contributed by atoms with E-state index in [1.165, 1.54) is 12.4 Å². The molecule has 0 spiro atoms. The van der Waals surface area contributed by atoms with Gasteiger partial charge in [0.25, 0.3) is 0 Å². The first-order valence-electron chi connectivity index (χ1n) is 5.05. The average Bonchev–Trinajstić information content (AvgIpc) is 2.38. The van der Waals surface area contributed by atoms with E-state index < -0.39 is 5.97 Å². The molecule has 0 unspecified atom stereocenters. The van der Waals surface area contributed by atoms with Crippen molar-refractivity contribution in [3.8, 4) is 0 Å². The Bertz CT molecular complexity index is 562. The summed E-state index contributed by atoms with van der Waals surface area (Å²) in [5, 5.41) is 11.9. The molecule has 6 nitrogen and oxygen atoms in total. The lowest BCUT2D eigenvalue weighted by atomic mass is 10.3. The van der Waals surface area contributed by atoms with Gasteiger partial charge in [-0.15, -0.1) is 0 Å². The Labute approximate surface area is 108 Å². The number of halogens is 1. The van der Waals surface area contributed by atoms with E-state index in [2.05, 4.69) is 20.3 Å². The van der Waals surface area contributed by atoms with Crippen LogP contribution in [0.3, 0.4) is 0 Å². The number of anilines is 1. The second-order valence-electron chi connectivity index (χ2n) is 3.39. The molecular weight excluding hydrogens is 256 g/mol. The van der Waals surface area contributed by atoms with Gasteiger partial charge in [-0.3, -0.25) is 0 Å². The summed E-state index contributed by atoms with van der Waals surface area (Å²) in [6.07, 6.45) is 3.07. The topological polar surface area (TPSA) is 88.0 Å². The summed E-state index contributed by atoms with van der Waals surface area (Å²) >= 11 is 5.72. The monoisotopic (exact) mass is 264 g/mol. The predicted octanol–water partition coefficient (Wildman–Crippen LogP) is 1.84. The fourth-order valence-electron chi connectivity index (χ4n) is 1.29. The van der Waals surface area contributed by atoms with E-state index in [9.17, 15) is 4.79 Å². The molecule has 2 rings (SSSR count). The number of carbonyl (C=O) groups is 1. The van der Waals surface area contributed by atoms with Crippen molar-refractivity contribution in [1.29, 1.82) is 0 Å². The van der Waals surface area contributed by atoms with Crippen molar-refractivity contribution in [2.75, 3.05) is 5.32 Å². The van der Waals surface area contributed by atoms with Gasteiger partial charge in [-0.2, -0.15) is 0 Å². The number of hydrogen-bond donors (Lipinski definition) is 2. The molecule has 2 aromatic heterocycles. The molecule has 0 aliphatic carbocycles. The van der Waals surface area contributed by atoms with Crippen LogP contribution >= 0.6 is 11.6 Å². The zero-order valence-electron chi connectivity index (χ0n) is 9.17. The zero-order chi connectivity index (χ0) is 13.0. The molecule has 2 aromatic rings. The third-order valence-electron chi connectivity index (χ3n) is 2.14. The highest BCUT2D eigenvalue weighted by Crippen LogP contribution is 2.16. The summed E-state index contributed by atoms with van der Waals surface area (Å²) < 4.78 is 0. The van der Waals surface area contributed by atoms with E-state index in [-0.39, 0.29) is 10.7 Å². The van der Waals surface area contributed by atoms with Crippen LogP contribution in [-0.4, -0.2) is 26.0 Å². The zero-order valence-corrected chi connectivity index (χ0v) is 9.92. The first-order chi connectivity index (χ1) is 8.66. The van der Waals surface area contributed by atoms with Gasteiger partial charge < -0.3 is 10.4 Å². The Morgan fingerprint density at radius 2 is 2.22 bits per heavy atom. The molecule has 0 aliphatic rings. The molecule has 0 fully saturated rings. The first-order valence-corrected chi connectivity index (χ1v) is 5.43. The van der Waals surface area contributed by atoms with Gasteiger partial charge in [-0.1, -0.05) is 11.6 Å². The Balaban J connectivity index is 2.11. The van der Waals surface area contributed by atoms with Gasteiger partial charge >= 0.3 is 5.97 Å². The smallest absolute Gasteiger partial charge is 0.356 e. The molecule has 18 heavy (non-hydrogen) atoms. The van der Waals surface area contributed by atoms with Crippen LogP contribution in [0.15, 0.2) is 30.7 Å². The van der Waals surface area contributed by atoms with Crippen LogP contribution in [0.4, 0.5) is 5.82 Å². The van der Waals surface area contributed by atoms with Crippen LogP contribution in [0.1, 0.15) is 16.2 Å². The van der Waals surface area contributed by atoms with E-state index in [1.807, 2.05) is 0 Å². The van der Waals surface area contributed by atoms with Crippen LogP contribution < -0.4 is 5.32 Å². The second-order valence-corrected chi connectivity index (χ2v) is 3.79. The van der Waals surface area contributed by atoms with Gasteiger partial charge in [0, 0.05) is 6.20 Å². The standard InChI is InChI=1S/C11H9ClN4O2/c12-8-1-2-9(16-10(8)11(17)18)14-5-7-3-4-13-6-15-7/h1-4,6H,5H2,(H,14,16)(H,17,18). The van der Waals surface area contributed by atoms with Crippen molar-refractivity contribution in [3.63, 3.8) is 0 Å². The Kier molecular flexibility index (Phi) is 3.69. The number of hydrogen-bond acceptors (Lipinski definition) is 5. The van der Waals surface area contributed by atoms with E-state index in [0.717, 1.165) is 5.69 Å². The van der Waals surface area contributed by atoms with Crippen molar-refractivity contribution >= 4 is 23.4 Å². The third kappa shape index (κ3) is 2.92. The molecule has 0 saturated heterocycles. The Morgan fingerprint density at radius 3 is 2.89 bits per heavy atom. The first kappa shape index (κ1) is 12.3. The molecule has 0 radical (unpaired) electrons. The van der Waals surface area contributed by atoms with Crippen LogP contribution in [-0.2, 0) is 6.54 Å². The molecule has 2 heterocycles. The summed E-state index contributed by atoms with van der Waals surface area (Å²) in [4.78, 5) is 22.6. The van der Waals surface area contributed by atoms with Crippen molar-refractivity contribution in [2.45, 2.75) is 6.54 Å². The number of aromatic carboxylic acids is 1. The SMILES string of the molecule is O=C(O)c1nc(NCc2ccncn2)ccc1Cl. The fraction of sp³-hybridized carbons (Fsp3) is 0.0909. The summed E-state index contributed by atoms with van der Waals surface area (Å²) in [5.74, 6) is -0.735. The molecule has 0 bridgehead atoms. The summed E-state index contributed by atoms with van der Waals surface area (Å²) in [7, 11) is 0. The summed E-state index contributed by atoms with van der Waals surface area (Å²) in [6.45, 7) is 0.427. The van der Waals surface area contributed by atoms with Crippen molar-refractivity contribution in [2.24, 2.45) is 0 Å². The normalized spacial score (nSPS) is 10.1. The summed E-state index contributed by atoms with van der Waals surface area (Å²) in [6, 6.07) is 4.84. The second kappa shape index (κ2) is 5.42. The number of nitrogens with zero attached hydrogens (tertiary/aromatic N) is 3. The summed E-state index contributed by atoms with van der Waals surface area (Å²) in [5.41, 5.74) is 0.600. The minimum Gasteiger partial charge on any atom is -0.476 e. The van der Waals surface area contributed by atoms with E-state index in [0.29, 0.717) is 12.4 Å². The maximum atomic E-state index is 10.9. The number of pyridine rings is 1. The van der Waals surface area contributed by atoms with Crippen molar-refractivity contribution in [1.82, 2.24) is 15.0 Å². The van der Waals surface area contributed by atoms with Crippen LogP contribution in [0.2, 0.25) is 5.02 Å². The minimum absolute atomic E-state index is 0.107. The van der Waals surface area contributed by atoms with Crippen LogP contribution in [0.25, 0.3) is 0 Å². The van der Waals surface area contributed by atoms with E-state index in [4.69, 9.17) is 16.7 Å². The van der Waals surface area contributed by atoms with Crippen molar-refractivity contribution < 1.29 is 9.90 Å². The largest absolute Gasteiger partial charge is 0.476 e. The molecule has 7 heteroatoms. The molecule has 0 aliphatic heterocycles. The number of rotatable bonds is 4. The molecule has 0 atom stereocenters. The van der Waals surface area contributed by atoms with Crippen molar-refractivity contribution in [3.05, 3.63) is 47.1 Å². The third-order valence-corrected chi connectivity index (χ3v) is 2.45. The molecule has 2 N–H and O–H groups in total. The van der Waals surface area contributed by atoms with Gasteiger partial charge in [0.05, 0.1) is 17.3 Å². The highest BCUT2D eigenvalue weighted by atomic mass is 35.5. The molecular formula is C11H9ClN4O2. The van der Waals surface area contributed by atoms with E-state index in [1.54, 1.807) is 18.3 Å². The molecule has 0 aromatic carbocycles. The average molecular weight is 265 g/mol. The lowest BCUT2D eigenvalue weighted by molar-refractivity contribution is 0.0691. The highest BCUT2D eigenvalue weighted by Gasteiger charge is 2.11. The number of nitrogens with one attached hydrogen (secondary N) is 1. The molecule has 92 valence electrons. The lowest BCUT2D eigenvalue weighted by Gasteiger charge is -2.06. The van der Waals surface area contributed by atoms with Gasteiger partial charge in [0.2, 0.25) is 0 Å². The van der Waals surface area contributed by atoms with Gasteiger partial charge in [0.15, 0.2) is 5.69 Å². The number of aromatic nitrogens is 3. The number of carboxylic acid groups (broad SMARTS) is 1. The lowest BCUT2D eigenvalue weighted by Crippen LogP contribution is -2.07. The predicted molar refractivity (Wildman–Crippen MR) is 65.6 cm³/mol. The van der Waals surface area contributed by atoms with Gasteiger partial charge in [-0.25, -0.2) is 19.7 Å². The van der Waals surface area contributed by atoms with Gasteiger partial charge in [-0.05, 0) is 18.2 Å². The quantitative estimate of drug-likeness (QED) is 0.876. The van der Waals surface area contributed by atoms with Gasteiger partial charge in [0.1, 0.15) is 12.1 Å². The number of carboxylic acids is 1. The molecule has 0 amide bonds. The minimum atomic E-state index is -1.16. The Morgan fingerprint density at radius 1 is 1.39 bits per heavy atom. The highest BCUT2D eigenvalue weighted by molar-refractivity contribution is 6.33. The fourth-order valence-corrected chi connectivity index (χ4v) is 1.48. The van der Waals surface area contributed by atoms with E-state index >= 15 is 0 Å². The maximum absolute atomic E-state index is 10.9. The van der Waals surface area contributed by atoms with Crippen LogP contribution in [0, 0.1) is 0 Å². The van der Waals surface area contributed by atoms with Crippen LogP contribution in [0.5, 0.6) is 0 Å². The maximum Gasteiger partial charge on any atom is 0.356 e. The Hall–Kier alpha value is -2.21. The molecule has 0 saturated carbocycles.